The van der Waals surface area contributed by atoms with Crippen LogP contribution >= 0.6 is 0 Å². The molecule has 1 aromatic carbocycles. The van der Waals surface area contributed by atoms with Crippen LogP contribution in [0.25, 0.3) is 0 Å². The van der Waals surface area contributed by atoms with Crippen molar-refractivity contribution in [3.8, 4) is 5.75 Å². The fraction of sp³-hybridized carbons (Fsp3) is 0.647. The van der Waals surface area contributed by atoms with Crippen LogP contribution in [0.4, 0.5) is 5.69 Å². The van der Waals surface area contributed by atoms with E-state index in [9.17, 15) is 5.11 Å². The second-order valence-corrected chi connectivity index (χ2v) is 6.64. The quantitative estimate of drug-likeness (QED) is 0.684. The van der Waals surface area contributed by atoms with Crippen molar-refractivity contribution >= 4 is 5.69 Å². The maximum absolute atomic E-state index is 10.2. The van der Waals surface area contributed by atoms with Crippen molar-refractivity contribution in [3.63, 3.8) is 0 Å². The lowest BCUT2D eigenvalue weighted by Gasteiger charge is -2.25. The predicted octanol–water partition coefficient (Wildman–Crippen LogP) is 2.13. The van der Waals surface area contributed by atoms with Gasteiger partial charge in [-0.3, -0.25) is 0 Å². The summed E-state index contributed by atoms with van der Waals surface area (Å²) in [6, 6.07) is 7.31. The summed E-state index contributed by atoms with van der Waals surface area (Å²) in [4.78, 5) is 2.44. The Bertz CT molecular complexity index is 427. The molecular formula is C17H26N2O2. The molecule has 3 N–H and O–H groups in total. The topological polar surface area (TPSA) is 58.7 Å². The highest BCUT2D eigenvalue weighted by Gasteiger charge is 2.30. The Morgan fingerprint density at radius 1 is 1.10 bits per heavy atom. The van der Waals surface area contributed by atoms with Gasteiger partial charge in [0.15, 0.2) is 0 Å². The fourth-order valence-electron chi connectivity index (χ4n) is 2.66. The van der Waals surface area contributed by atoms with Gasteiger partial charge in [0.1, 0.15) is 18.5 Å². The summed E-state index contributed by atoms with van der Waals surface area (Å²) in [6.45, 7) is 3.36. The van der Waals surface area contributed by atoms with E-state index < -0.39 is 6.10 Å². The van der Waals surface area contributed by atoms with E-state index in [1.165, 1.54) is 25.7 Å². The lowest BCUT2D eigenvalue weighted by Crippen LogP contribution is -2.38. The maximum Gasteiger partial charge on any atom is 0.119 e. The van der Waals surface area contributed by atoms with E-state index in [1.807, 2.05) is 24.3 Å². The molecule has 2 saturated carbocycles. The summed E-state index contributed by atoms with van der Waals surface area (Å²) in [7, 11) is 0. The Balaban J connectivity index is 1.42. The molecule has 0 radical (unpaired) electrons. The number of hydrogen-bond donors (Lipinski definition) is 2. The van der Waals surface area contributed by atoms with Gasteiger partial charge in [0.25, 0.3) is 0 Å². The number of nitrogens with zero attached hydrogens (tertiary/aromatic N) is 1. The highest BCUT2D eigenvalue weighted by atomic mass is 16.5. The lowest BCUT2D eigenvalue weighted by atomic mass is 10.2. The normalized spacial score (nSPS) is 19.7. The number of benzene rings is 1. The molecule has 0 amide bonds. The van der Waals surface area contributed by atoms with Crippen molar-refractivity contribution in [3.05, 3.63) is 24.3 Å². The molecule has 3 rings (SSSR count). The van der Waals surface area contributed by atoms with Crippen molar-refractivity contribution in [1.29, 1.82) is 0 Å². The van der Waals surface area contributed by atoms with E-state index in [-0.39, 0.29) is 0 Å². The SMILES string of the molecule is Nc1ccc(OCC(O)CN(CC2CC2)CC2CC2)cc1. The first-order chi connectivity index (χ1) is 10.2. The summed E-state index contributed by atoms with van der Waals surface area (Å²) in [6.07, 6.45) is 5.01. The van der Waals surface area contributed by atoms with Gasteiger partial charge in [-0.25, -0.2) is 0 Å². The zero-order valence-electron chi connectivity index (χ0n) is 12.6. The van der Waals surface area contributed by atoms with Crippen molar-refractivity contribution in [1.82, 2.24) is 4.90 Å². The summed E-state index contributed by atoms with van der Waals surface area (Å²) in [5, 5.41) is 10.2. The minimum atomic E-state index is -0.431. The molecule has 0 bridgehead atoms. The van der Waals surface area contributed by atoms with Crippen molar-refractivity contribution in [2.24, 2.45) is 11.8 Å². The molecule has 21 heavy (non-hydrogen) atoms. The minimum Gasteiger partial charge on any atom is -0.491 e. The summed E-state index contributed by atoms with van der Waals surface area (Å²) < 4.78 is 5.63. The number of anilines is 1. The molecule has 1 aromatic rings. The van der Waals surface area contributed by atoms with E-state index in [4.69, 9.17) is 10.5 Å². The minimum absolute atomic E-state index is 0.343. The van der Waals surface area contributed by atoms with E-state index >= 15 is 0 Å². The van der Waals surface area contributed by atoms with Crippen LogP contribution in [-0.2, 0) is 0 Å². The van der Waals surface area contributed by atoms with Crippen molar-refractivity contribution < 1.29 is 9.84 Å². The van der Waals surface area contributed by atoms with Crippen molar-refractivity contribution in [2.45, 2.75) is 31.8 Å². The lowest BCUT2D eigenvalue weighted by molar-refractivity contribution is 0.0649. The number of nitrogen functional groups attached to an aromatic ring is 1. The number of aliphatic hydroxyl groups is 1. The van der Waals surface area contributed by atoms with Crippen LogP contribution in [0.15, 0.2) is 24.3 Å². The first kappa shape index (κ1) is 14.7. The Kier molecular flexibility index (Phi) is 4.66. The molecule has 4 nitrogen and oxygen atoms in total. The molecule has 0 saturated heterocycles. The average Bonchev–Trinajstić information content (AvgIpc) is 3.35. The van der Waals surface area contributed by atoms with E-state index in [0.29, 0.717) is 6.61 Å². The standard InChI is InChI=1S/C17H26N2O2/c18-15-5-7-17(8-6-15)21-12-16(20)11-19(9-13-1-2-13)10-14-3-4-14/h5-8,13-14,16,20H,1-4,9-12,18H2. The third kappa shape index (κ3) is 5.21. The van der Waals surface area contributed by atoms with Gasteiger partial charge in [-0.05, 0) is 61.8 Å². The monoisotopic (exact) mass is 290 g/mol. The number of hydrogen-bond acceptors (Lipinski definition) is 4. The first-order valence-electron chi connectivity index (χ1n) is 8.08. The molecule has 1 atom stereocenters. The van der Waals surface area contributed by atoms with E-state index in [0.717, 1.165) is 42.9 Å². The third-order valence-electron chi connectivity index (χ3n) is 4.22. The average molecular weight is 290 g/mol. The van der Waals surface area contributed by atoms with Gasteiger partial charge < -0.3 is 20.5 Å². The zero-order valence-corrected chi connectivity index (χ0v) is 12.6. The number of aliphatic hydroxyl groups excluding tert-OH is 1. The van der Waals surface area contributed by atoms with Crippen LogP contribution in [0.1, 0.15) is 25.7 Å². The molecule has 2 aliphatic rings. The third-order valence-corrected chi connectivity index (χ3v) is 4.22. The van der Waals surface area contributed by atoms with Crippen LogP contribution in [0.2, 0.25) is 0 Å². The molecule has 2 aliphatic carbocycles. The largest absolute Gasteiger partial charge is 0.491 e. The smallest absolute Gasteiger partial charge is 0.119 e. The Labute approximate surface area is 126 Å². The molecule has 1 unspecified atom stereocenters. The number of nitrogens with two attached hydrogens (primary N) is 1. The molecule has 0 heterocycles. The summed E-state index contributed by atoms with van der Waals surface area (Å²) in [5.74, 6) is 2.50. The van der Waals surface area contributed by atoms with E-state index in [1.54, 1.807) is 0 Å². The first-order valence-corrected chi connectivity index (χ1v) is 8.08. The van der Waals surface area contributed by atoms with Crippen LogP contribution < -0.4 is 10.5 Å². The highest BCUT2D eigenvalue weighted by Crippen LogP contribution is 2.33. The Morgan fingerprint density at radius 3 is 2.19 bits per heavy atom. The predicted molar refractivity (Wildman–Crippen MR) is 84.2 cm³/mol. The molecule has 0 spiro atoms. The van der Waals surface area contributed by atoms with Gasteiger partial charge in [0, 0.05) is 25.3 Å². The van der Waals surface area contributed by atoms with Gasteiger partial charge in [-0.1, -0.05) is 0 Å². The van der Waals surface area contributed by atoms with Gasteiger partial charge in [0.05, 0.1) is 0 Å². The van der Waals surface area contributed by atoms with Gasteiger partial charge in [-0.15, -0.1) is 0 Å². The van der Waals surface area contributed by atoms with Crippen LogP contribution in [0, 0.1) is 11.8 Å². The second kappa shape index (κ2) is 6.67. The molecule has 2 fully saturated rings. The van der Waals surface area contributed by atoms with Crippen LogP contribution in [-0.4, -0.2) is 42.4 Å². The number of rotatable bonds is 9. The molecule has 0 aromatic heterocycles. The molecule has 0 aliphatic heterocycles. The molecule has 116 valence electrons. The molecular weight excluding hydrogens is 264 g/mol. The van der Waals surface area contributed by atoms with Gasteiger partial charge >= 0.3 is 0 Å². The Morgan fingerprint density at radius 2 is 1.67 bits per heavy atom. The fourth-order valence-corrected chi connectivity index (χ4v) is 2.66. The van der Waals surface area contributed by atoms with Crippen LogP contribution in [0.3, 0.4) is 0 Å². The summed E-state index contributed by atoms with van der Waals surface area (Å²) in [5.41, 5.74) is 6.37. The summed E-state index contributed by atoms with van der Waals surface area (Å²) >= 11 is 0. The van der Waals surface area contributed by atoms with E-state index in [2.05, 4.69) is 4.90 Å². The zero-order chi connectivity index (χ0) is 14.7. The highest BCUT2D eigenvalue weighted by molar-refractivity contribution is 5.41. The Hall–Kier alpha value is -1.26. The second-order valence-electron chi connectivity index (χ2n) is 6.64. The maximum atomic E-state index is 10.2. The van der Waals surface area contributed by atoms with Crippen LogP contribution in [0.5, 0.6) is 5.75 Å². The number of ether oxygens (including phenoxy) is 1. The van der Waals surface area contributed by atoms with Gasteiger partial charge in [-0.2, -0.15) is 0 Å². The molecule has 4 heteroatoms. The van der Waals surface area contributed by atoms with Gasteiger partial charge in [0.2, 0.25) is 0 Å². The van der Waals surface area contributed by atoms with Crippen molar-refractivity contribution in [2.75, 3.05) is 32.0 Å².